The van der Waals surface area contributed by atoms with Gasteiger partial charge in [-0.05, 0) is 25.1 Å². The second-order valence-electron chi connectivity index (χ2n) is 5.55. The summed E-state index contributed by atoms with van der Waals surface area (Å²) < 4.78 is 43.4. The fraction of sp³-hybridized carbons (Fsp3) is 0.176. The Hall–Kier alpha value is -3.43. The number of hydrogen-bond acceptors (Lipinski definition) is 5. The van der Waals surface area contributed by atoms with Crippen LogP contribution in [0, 0.1) is 6.92 Å². The molecule has 2 N–H and O–H groups in total. The predicted molar refractivity (Wildman–Crippen MR) is 88.0 cm³/mol. The number of nitrogens with one attached hydrogen (secondary N) is 2. The molecule has 10 heteroatoms. The van der Waals surface area contributed by atoms with Gasteiger partial charge in [0.05, 0.1) is 6.20 Å². The molecule has 3 aromatic rings. The number of aromatic nitrogens is 4. The topological polar surface area (TPSA) is 92.8 Å². The van der Waals surface area contributed by atoms with Crippen LogP contribution >= 0.6 is 0 Å². The summed E-state index contributed by atoms with van der Waals surface area (Å²) in [5.41, 5.74) is -0.0903. The average molecular weight is 377 g/mol. The van der Waals surface area contributed by atoms with Gasteiger partial charge in [0.2, 0.25) is 5.88 Å². The molecule has 0 fully saturated rings. The molecular weight excluding hydrogens is 363 g/mol. The highest BCUT2D eigenvalue weighted by molar-refractivity contribution is 5.92. The van der Waals surface area contributed by atoms with E-state index in [9.17, 15) is 18.0 Å². The molecule has 0 aliphatic heterocycles. The molecule has 0 atom stereocenters. The molecule has 0 saturated carbocycles. The molecule has 0 spiro atoms. The third-order valence-corrected chi connectivity index (χ3v) is 3.50. The molecule has 0 aliphatic rings. The minimum absolute atomic E-state index is 0.00446. The van der Waals surface area contributed by atoms with Crippen molar-refractivity contribution >= 4 is 5.91 Å². The molecule has 0 bridgehead atoms. The van der Waals surface area contributed by atoms with Gasteiger partial charge in [-0.1, -0.05) is 6.07 Å². The largest absolute Gasteiger partial charge is 0.437 e. The van der Waals surface area contributed by atoms with E-state index in [1.807, 2.05) is 6.92 Å². The number of H-pyrrole nitrogens is 1. The quantitative estimate of drug-likeness (QED) is 0.712. The first-order valence-electron chi connectivity index (χ1n) is 7.78. The van der Waals surface area contributed by atoms with Gasteiger partial charge in [0.15, 0.2) is 5.69 Å². The number of pyridine rings is 2. The maximum atomic E-state index is 12.6. The zero-order valence-corrected chi connectivity index (χ0v) is 14.0. The van der Waals surface area contributed by atoms with Gasteiger partial charge in [0, 0.05) is 30.1 Å². The van der Waals surface area contributed by atoms with Crippen LogP contribution in [0.5, 0.6) is 11.6 Å². The number of amides is 1. The van der Waals surface area contributed by atoms with E-state index in [0.29, 0.717) is 17.4 Å². The van der Waals surface area contributed by atoms with Gasteiger partial charge in [-0.25, -0.2) is 4.98 Å². The van der Waals surface area contributed by atoms with Crippen molar-refractivity contribution in [2.45, 2.75) is 19.6 Å². The van der Waals surface area contributed by atoms with Gasteiger partial charge in [-0.3, -0.25) is 14.9 Å². The van der Waals surface area contributed by atoms with E-state index in [1.165, 1.54) is 12.4 Å². The van der Waals surface area contributed by atoms with Crippen LogP contribution in [0.15, 0.2) is 42.7 Å². The minimum Gasteiger partial charge on any atom is -0.437 e. The fourth-order valence-corrected chi connectivity index (χ4v) is 2.13. The highest BCUT2D eigenvalue weighted by Crippen LogP contribution is 2.27. The molecule has 3 aromatic heterocycles. The number of carbonyl (C=O) groups is 1. The Kier molecular flexibility index (Phi) is 5.06. The zero-order valence-electron chi connectivity index (χ0n) is 14.0. The lowest BCUT2D eigenvalue weighted by Crippen LogP contribution is -2.23. The first kappa shape index (κ1) is 18.4. The molecule has 0 radical (unpaired) electrons. The third kappa shape index (κ3) is 4.60. The summed E-state index contributed by atoms with van der Waals surface area (Å²) in [5.74, 6) is -0.0380. The van der Waals surface area contributed by atoms with E-state index < -0.39 is 17.8 Å². The molecule has 0 saturated heterocycles. The second-order valence-corrected chi connectivity index (χ2v) is 5.55. The van der Waals surface area contributed by atoms with Crippen molar-refractivity contribution in [3.63, 3.8) is 0 Å². The Balaban J connectivity index is 1.68. The summed E-state index contributed by atoms with van der Waals surface area (Å²) >= 11 is 0. The van der Waals surface area contributed by atoms with Crippen LogP contribution in [0.25, 0.3) is 0 Å². The molecule has 0 aliphatic carbocycles. The molecule has 0 unspecified atom stereocenters. The normalized spacial score (nSPS) is 11.3. The standard InChI is InChI=1S/C17H14F3N5O2/c1-10-4-5-12(9-22-10)27-16-11(3-2-6-21-16)8-23-15(26)13-7-14(25-24-13)17(18,19)20/h2-7,9H,8H2,1H3,(H,23,26)(H,24,25). The molecule has 140 valence electrons. The number of hydrogen-bond donors (Lipinski definition) is 2. The lowest BCUT2D eigenvalue weighted by Gasteiger charge is -2.10. The zero-order chi connectivity index (χ0) is 19.4. The Labute approximate surface area is 151 Å². The summed E-state index contributed by atoms with van der Waals surface area (Å²) in [6.07, 6.45) is -1.54. The summed E-state index contributed by atoms with van der Waals surface area (Å²) in [5, 5.41) is 7.67. The van der Waals surface area contributed by atoms with Crippen molar-refractivity contribution in [1.82, 2.24) is 25.5 Å². The van der Waals surface area contributed by atoms with Gasteiger partial charge >= 0.3 is 6.18 Å². The van der Waals surface area contributed by atoms with Gasteiger partial charge in [0.1, 0.15) is 11.4 Å². The van der Waals surface area contributed by atoms with Gasteiger partial charge in [-0.2, -0.15) is 18.3 Å². The SMILES string of the molecule is Cc1ccc(Oc2ncccc2CNC(=O)c2cc(C(F)(F)F)[nH]n2)cn1. The third-order valence-electron chi connectivity index (χ3n) is 3.50. The lowest BCUT2D eigenvalue weighted by atomic mass is 10.2. The molecule has 27 heavy (non-hydrogen) atoms. The van der Waals surface area contributed by atoms with Crippen LogP contribution in [0.3, 0.4) is 0 Å². The second kappa shape index (κ2) is 7.44. The van der Waals surface area contributed by atoms with Crippen molar-refractivity contribution in [2.75, 3.05) is 0 Å². The van der Waals surface area contributed by atoms with Crippen molar-refractivity contribution in [2.24, 2.45) is 0 Å². The Bertz CT molecular complexity index is 938. The monoisotopic (exact) mass is 377 g/mol. The summed E-state index contributed by atoms with van der Waals surface area (Å²) in [4.78, 5) is 20.3. The predicted octanol–water partition coefficient (Wildman–Crippen LogP) is 3.25. The molecule has 0 aromatic carbocycles. The minimum atomic E-state index is -4.60. The molecule has 1 amide bonds. The van der Waals surface area contributed by atoms with Gasteiger partial charge in [0.25, 0.3) is 5.91 Å². The van der Waals surface area contributed by atoms with Crippen LogP contribution in [-0.4, -0.2) is 26.1 Å². The molecule has 3 rings (SSSR count). The number of ether oxygens (including phenoxy) is 1. The summed E-state index contributed by atoms with van der Waals surface area (Å²) in [6, 6.07) is 7.47. The average Bonchev–Trinajstić information content (AvgIpc) is 3.13. The van der Waals surface area contributed by atoms with Crippen molar-refractivity contribution in [3.05, 3.63) is 65.4 Å². The highest BCUT2D eigenvalue weighted by atomic mass is 19.4. The summed E-state index contributed by atoms with van der Waals surface area (Å²) in [6.45, 7) is 1.83. The number of nitrogens with zero attached hydrogens (tertiary/aromatic N) is 3. The fourth-order valence-electron chi connectivity index (χ4n) is 2.13. The smallest absolute Gasteiger partial charge is 0.432 e. The number of carbonyl (C=O) groups excluding carboxylic acids is 1. The lowest BCUT2D eigenvalue weighted by molar-refractivity contribution is -0.141. The number of rotatable bonds is 5. The van der Waals surface area contributed by atoms with E-state index in [0.717, 1.165) is 5.69 Å². The van der Waals surface area contributed by atoms with E-state index in [1.54, 1.807) is 29.4 Å². The van der Waals surface area contributed by atoms with Crippen molar-refractivity contribution < 1.29 is 22.7 Å². The van der Waals surface area contributed by atoms with Crippen molar-refractivity contribution in [3.8, 4) is 11.6 Å². The highest BCUT2D eigenvalue weighted by Gasteiger charge is 2.33. The van der Waals surface area contributed by atoms with E-state index >= 15 is 0 Å². The summed E-state index contributed by atoms with van der Waals surface area (Å²) in [7, 11) is 0. The first-order chi connectivity index (χ1) is 12.8. The van der Waals surface area contributed by atoms with Crippen LogP contribution < -0.4 is 10.1 Å². The molecule has 7 nitrogen and oxygen atoms in total. The molecular formula is C17H14F3N5O2. The first-order valence-corrected chi connectivity index (χ1v) is 7.78. The van der Waals surface area contributed by atoms with Gasteiger partial charge in [-0.15, -0.1) is 0 Å². The van der Waals surface area contributed by atoms with Crippen LogP contribution in [-0.2, 0) is 12.7 Å². The number of alkyl halides is 3. The number of aromatic amines is 1. The van der Waals surface area contributed by atoms with E-state index in [-0.39, 0.29) is 18.1 Å². The van der Waals surface area contributed by atoms with Crippen LogP contribution in [0.1, 0.15) is 27.4 Å². The Morgan fingerprint density at radius 3 is 2.74 bits per heavy atom. The van der Waals surface area contributed by atoms with Crippen LogP contribution in [0.4, 0.5) is 13.2 Å². The van der Waals surface area contributed by atoms with Crippen LogP contribution in [0.2, 0.25) is 0 Å². The number of aryl methyl sites for hydroxylation is 1. The van der Waals surface area contributed by atoms with Gasteiger partial charge < -0.3 is 10.1 Å². The molecule has 3 heterocycles. The maximum absolute atomic E-state index is 12.6. The number of halogens is 3. The van der Waals surface area contributed by atoms with E-state index in [4.69, 9.17) is 4.74 Å². The Morgan fingerprint density at radius 1 is 1.26 bits per heavy atom. The van der Waals surface area contributed by atoms with Crippen molar-refractivity contribution in [1.29, 1.82) is 0 Å². The van der Waals surface area contributed by atoms with E-state index in [2.05, 4.69) is 20.4 Å². The maximum Gasteiger partial charge on any atom is 0.432 e. The Morgan fingerprint density at radius 2 is 2.07 bits per heavy atom.